The van der Waals surface area contributed by atoms with Gasteiger partial charge >= 0.3 is 6.03 Å². The summed E-state index contributed by atoms with van der Waals surface area (Å²) in [4.78, 5) is 14.6. The van der Waals surface area contributed by atoms with Crippen LogP contribution in [-0.4, -0.2) is 48.7 Å². The van der Waals surface area contributed by atoms with Crippen LogP contribution >= 0.6 is 0 Å². The minimum absolute atomic E-state index is 0.142. The van der Waals surface area contributed by atoms with Crippen molar-refractivity contribution in [2.75, 3.05) is 37.7 Å². The highest BCUT2D eigenvalue weighted by Crippen LogP contribution is 2.21. The van der Waals surface area contributed by atoms with E-state index < -0.39 is 0 Å². The fraction of sp³-hybridized carbons (Fsp3) is 0.524. The minimum atomic E-state index is -0.142. The molecule has 0 radical (unpaired) electrons. The quantitative estimate of drug-likeness (QED) is 0.768. The van der Waals surface area contributed by atoms with E-state index in [0.29, 0.717) is 19.0 Å². The van der Waals surface area contributed by atoms with Gasteiger partial charge in [0, 0.05) is 44.1 Å². The number of nitrogens with zero attached hydrogens (tertiary/aromatic N) is 3. The first-order chi connectivity index (χ1) is 13.5. The van der Waals surface area contributed by atoms with Crippen LogP contribution in [0.2, 0.25) is 0 Å². The summed E-state index contributed by atoms with van der Waals surface area (Å²) in [6.45, 7) is 11.3. The SMILES string of the molecule is Cc1cc(C)n(CC(C)CNC(=O)NCc2ccccc2N2CCOCC2)n1. The molecule has 28 heavy (non-hydrogen) atoms. The van der Waals surface area contributed by atoms with Crippen LogP contribution in [0.1, 0.15) is 23.9 Å². The molecule has 2 aromatic rings. The Morgan fingerprint density at radius 3 is 2.68 bits per heavy atom. The Bertz CT molecular complexity index is 783. The number of amides is 2. The number of urea groups is 1. The average Bonchev–Trinajstić information content (AvgIpc) is 3.02. The lowest BCUT2D eigenvalue weighted by Gasteiger charge is -2.30. The van der Waals surface area contributed by atoms with Gasteiger partial charge in [-0.25, -0.2) is 4.79 Å². The second-order valence-electron chi connectivity index (χ2n) is 7.51. The molecule has 1 aliphatic rings. The molecule has 3 rings (SSSR count). The highest BCUT2D eigenvalue weighted by Gasteiger charge is 2.15. The molecule has 0 spiro atoms. The van der Waals surface area contributed by atoms with E-state index >= 15 is 0 Å². The van der Waals surface area contributed by atoms with E-state index in [-0.39, 0.29) is 6.03 Å². The molecule has 2 heterocycles. The number of carbonyl (C=O) groups is 1. The average molecular weight is 386 g/mol. The van der Waals surface area contributed by atoms with Crippen LogP contribution in [0.3, 0.4) is 0 Å². The maximum atomic E-state index is 12.3. The molecular formula is C21H31N5O2. The summed E-state index contributed by atoms with van der Waals surface area (Å²) in [5.41, 5.74) is 4.46. The summed E-state index contributed by atoms with van der Waals surface area (Å²) in [5.74, 6) is 0.296. The van der Waals surface area contributed by atoms with Crippen LogP contribution in [0, 0.1) is 19.8 Å². The van der Waals surface area contributed by atoms with E-state index in [1.54, 1.807) is 0 Å². The van der Waals surface area contributed by atoms with Crippen molar-refractivity contribution in [3.05, 3.63) is 47.3 Å². The van der Waals surface area contributed by atoms with Gasteiger partial charge in [0.05, 0.1) is 18.9 Å². The number of aryl methyl sites for hydroxylation is 2. The standard InChI is InChI=1S/C21H31N5O2/c1-16(15-26-18(3)12-17(2)24-26)13-22-21(27)23-14-19-6-4-5-7-20(19)25-8-10-28-11-9-25/h4-7,12,16H,8-11,13-15H2,1-3H3,(H2,22,23,27). The van der Waals surface area contributed by atoms with Crippen LogP contribution in [0.4, 0.5) is 10.5 Å². The molecule has 7 nitrogen and oxygen atoms in total. The van der Waals surface area contributed by atoms with Crippen molar-refractivity contribution in [3.63, 3.8) is 0 Å². The molecule has 1 unspecified atom stereocenters. The third-order valence-corrected chi connectivity index (χ3v) is 4.98. The maximum absolute atomic E-state index is 12.3. The number of nitrogens with one attached hydrogen (secondary N) is 2. The highest BCUT2D eigenvalue weighted by atomic mass is 16.5. The first-order valence-electron chi connectivity index (χ1n) is 9.96. The third kappa shape index (κ3) is 5.48. The molecule has 0 bridgehead atoms. The summed E-state index contributed by atoms with van der Waals surface area (Å²) in [5, 5.41) is 10.4. The molecule has 1 saturated heterocycles. The molecule has 1 aromatic carbocycles. The van der Waals surface area contributed by atoms with Crippen LogP contribution in [0.15, 0.2) is 30.3 Å². The van der Waals surface area contributed by atoms with Gasteiger partial charge < -0.3 is 20.3 Å². The molecule has 1 aliphatic heterocycles. The Balaban J connectivity index is 1.46. The molecule has 1 aromatic heterocycles. The highest BCUT2D eigenvalue weighted by molar-refractivity contribution is 5.74. The first-order valence-corrected chi connectivity index (χ1v) is 9.96. The zero-order valence-electron chi connectivity index (χ0n) is 17.1. The number of morpholine rings is 1. The smallest absolute Gasteiger partial charge is 0.315 e. The monoisotopic (exact) mass is 385 g/mol. The van der Waals surface area contributed by atoms with Crippen LogP contribution in [-0.2, 0) is 17.8 Å². The number of anilines is 1. The van der Waals surface area contributed by atoms with Gasteiger partial charge in [-0.2, -0.15) is 5.10 Å². The number of benzene rings is 1. The molecule has 1 atom stereocenters. The van der Waals surface area contributed by atoms with Crippen molar-refractivity contribution in [1.82, 2.24) is 20.4 Å². The molecule has 1 fully saturated rings. The Morgan fingerprint density at radius 2 is 1.96 bits per heavy atom. The first kappa shape index (κ1) is 20.2. The molecule has 0 aliphatic carbocycles. The number of rotatable bonds is 7. The minimum Gasteiger partial charge on any atom is -0.378 e. The zero-order chi connectivity index (χ0) is 19.9. The Kier molecular flexibility index (Phi) is 6.92. The van der Waals surface area contributed by atoms with Gasteiger partial charge in [0.15, 0.2) is 0 Å². The summed E-state index contributed by atoms with van der Waals surface area (Å²) in [7, 11) is 0. The summed E-state index contributed by atoms with van der Waals surface area (Å²) >= 11 is 0. The fourth-order valence-electron chi connectivity index (χ4n) is 3.50. The van der Waals surface area contributed by atoms with Crippen LogP contribution in [0.25, 0.3) is 0 Å². The predicted molar refractivity (Wildman–Crippen MR) is 111 cm³/mol. The van der Waals surface area contributed by atoms with Crippen molar-refractivity contribution in [2.45, 2.75) is 33.9 Å². The Hall–Kier alpha value is -2.54. The van der Waals surface area contributed by atoms with Gasteiger partial charge in [-0.05, 0) is 37.5 Å². The second-order valence-corrected chi connectivity index (χ2v) is 7.51. The molecule has 0 saturated carbocycles. The largest absolute Gasteiger partial charge is 0.378 e. The number of hydrogen-bond acceptors (Lipinski definition) is 4. The number of aromatic nitrogens is 2. The van der Waals surface area contributed by atoms with Crippen molar-refractivity contribution >= 4 is 11.7 Å². The number of carbonyl (C=O) groups excluding carboxylic acids is 1. The molecule has 152 valence electrons. The lowest BCUT2D eigenvalue weighted by molar-refractivity contribution is 0.122. The van der Waals surface area contributed by atoms with E-state index in [1.165, 1.54) is 5.69 Å². The van der Waals surface area contributed by atoms with E-state index in [4.69, 9.17) is 4.74 Å². The third-order valence-electron chi connectivity index (χ3n) is 4.98. The van der Waals surface area contributed by atoms with Crippen molar-refractivity contribution in [2.24, 2.45) is 5.92 Å². The van der Waals surface area contributed by atoms with Gasteiger partial charge in [-0.1, -0.05) is 25.1 Å². The fourth-order valence-corrected chi connectivity index (χ4v) is 3.50. The van der Waals surface area contributed by atoms with Crippen LogP contribution in [0.5, 0.6) is 0 Å². The zero-order valence-corrected chi connectivity index (χ0v) is 17.1. The van der Waals surface area contributed by atoms with Crippen LogP contribution < -0.4 is 15.5 Å². The lowest BCUT2D eigenvalue weighted by atomic mass is 10.1. The van der Waals surface area contributed by atoms with E-state index in [2.05, 4.69) is 52.7 Å². The Labute approximate surface area is 167 Å². The van der Waals surface area contributed by atoms with Crippen molar-refractivity contribution < 1.29 is 9.53 Å². The van der Waals surface area contributed by atoms with Gasteiger partial charge in [0.2, 0.25) is 0 Å². The molecule has 7 heteroatoms. The normalized spacial score (nSPS) is 15.3. The maximum Gasteiger partial charge on any atom is 0.315 e. The number of para-hydroxylation sites is 1. The predicted octanol–water partition coefficient (Wildman–Crippen LogP) is 2.47. The van der Waals surface area contributed by atoms with E-state index in [9.17, 15) is 4.79 Å². The van der Waals surface area contributed by atoms with Gasteiger partial charge in [-0.15, -0.1) is 0 Å². The summed E-state index contributed by atoms with van der Waals surface area (Å²) in [6.07, 6.45) is 0. The van der Waals surface area contributed by atoms with Gasteiger partial charge in [-0.3, -0.25) is 4.68 Å². The van der Waals surface area contributed by atoms with Crippen molar-refractivity contribution in [1.29, 1.82) is 0 Å². The molecule has 2 N–H and O–H groups in total. The second kappa shape index (κ2) is 9.59. The lowest BCUT2D eigenvalue weighted by Crippen LogP contribution is -2.39. The van der Waals surface area contributed by atoms with Crippen molar-refractivity contribution in [3.8, 4) is 0 Å². The topological polar surface area (TPSA) is 71.4 Å². The van der Waals surface area contributed by atoms with E-state index in [0.717, 1.165) is 49.8 Å². The molecular weight excluding hydrogens is 354 g/mol. The van der Waals surface area contributed by atoms with Gasteiger partial charge in [0.25, 0.3) is 0 Å². The van der Waals surface area contributed by atoms with Gasteiger partial charge in [0.1, 0.15) is 0 Å². The molecule has 2 amide bonds. The Morgan fingerprint density at radius 1 is 1.21 bits per heavy atom. The number of hydrogen-bond donors (Lipinski definition) is 2. The number of ether oxygens (including phenoxy) is 1. The summed E-state index contributed by atoms with van der Waals surface area (Å²) in [6, 6.07) is 10.1. The van der Waals surface area contributed by atoms with E-state index in [1.807, 2.05) is 23.7 Å². The summed E-state index contributed by atoms with van der Waals surface area (Å²) < 4.78 is 7.44.